The van der Waals surface area contributed by atoms with E-state index >= 15 is 0 Å². The van der Waals surface area contributed by atoms with Crippen LogP contribution in [0.4, 0.5) is 5.82 Å². The molecule has 0 aliphatic carbocycles. The van der Waals surface area contributed by atoms with Gasteiger partial charge in [-0.15, -0.1) is 0 Å². The summed E-state index contributed by atoms with van der Waals surface area (Å²) in [5, 5.41) is 6.77. The molecular weight excluding hydrogens is 200 g/mol. The van der Waals surface area contributed by atoms with Crippen molar-refractivity contribution in [3.05, 3.63) is 5.69 Å². The van der Waals surface area contributed by atoms with Gasteiger partial charge in [0.05, 0.1) is 0 Å². The van der Waals surface area contributed by atoms with E-state index in [1.165, 1.54) is 4.90 Å². The largest absolute Gasteiger partial charge is 0.385 e. The van der Waals surface area contributed by atoms with Crippen molar-refractivity contribution < 1.29 is 14.2 Å². The molecule has 0 bridgehead atoms. The van der Waals surface area contributed by atoms with Crippen LogP contribution in [-0.2, 0) is 4.74 Å². The highest BCUT2D eigenvalue weighted by atomic mass is 16.6. The van der Waals surface area contributed by atoms with Crippen LogP contribution in [0.1, 0.15) is 16.9 Å². The summed E-state index contributed by atoms with van der Waals surface area (Å²) in [7, 11) is 3.27. The number of methoxy groups -OCH3 is 1. The number of hydrogen-bond donors (Lipinski definition) is 1. The fourth-order valence-corrected chi connectivity index (χ4v) is 1.07. The minimum Gasteiger partial charge on any atom is -0.385 e. The van der Waals surface area contributed by atoms with Crippen molar-refractivity contribution in [2.45, 2.75) is 6.42 Å². The van der Waals surface area contributed by atoms with E-state index in [4.69, 9.17) is 10.5 Å². The summed E-state index contributed by atoms with van der Waals surface area (Å²) < 4.78 is 9.22. The van der Waals surface area contributed by atoms with Gasteiger partial charge in [-0.2, -0.15) is 0 Å². The lowest BCUT2D eigenvalue weighted by Gasteiger charge is -2.14. The van der Waals surface area contributed by atoms with Gasteiger partial charge in [-0.1, -0.05) is 0 Å². The smallest absolute Gasteiger partial charge is 0.279 e. The van der Waals surface area contributed by atoms with Gasteiger partial charge in [-0.05, 0) is 16.7 Å². The van der Waals surface area contributed by atoms with Crippen molar-refractivity contribution in [1.29, 1.82) is 0 Å². The minimum absolute atomic E-state index is 0.0126. The van der Waals surface area contributed by atoms with Gasteiger partial charge < -0.3 is 15.4 Å². The second-order valence-electron chi connectivity index (χ2n) is 3.07. The Morgan fingerprint density at radius 3 is 2.87 bits per heavy atom. The predicted octanol–water partition coefficient (Wildman–Crippen LogP) is -0.240. The van der Waals surface area contributed by atoms with Crippen molar-refractivity contribution in [3.63, 3.8) is 0 Å². The van der Waals surface area contributed by atoms with Crippen LogP contribution in [-0.4, -0.2) is 48.4 Å². The van der Waals surface area contributed by atoms with E-state index in [1.54, 1.807) is 14.2 Å². The van der Waals surface area contributed by atoms with Crippen LogP contribution < -0.4 is 5.73 Å². The number of nitrogen functional groups attached to an aromatic ring is 1. The van der Waals surface area contributed by atoms with Crippen molar-refractivity contribution in [2.75, 3.05) is 33.0 Å². The molecule has 1 heterocycles. The van der Waals surface area contributed by atoms with Crippen LogP contribution in [0.25, 0.3) is 0 Å². The fourth-order valence-electron chi connectivity index (χ4n) is 1.07. The molecule has 1 amide bonds. The molecule has 84 valence electrons. The molecule has 0 radical (unpaired) electrons. The van der Waals surface area contributed by atoms with Gasteiger partial charge in [-0.3, -0.25) is 4.79 Å². The van der Waals surface area contributed by atoms with E-state index in [1.807, 2.05) is 0 Å². The molecule has 0 saturated carbocycles. The number of amides is 1. The number of nitrogens with two attached hydrogens (primary N) is 1. The highest BCUT2D eigenvalue weighted by molar-refractivity contribution is 5.95. The van der Waals surface area contributed by atoms with E-state index < -0.39 is 0 Å². The number of anilines is 1. The SMILES string of the molecule is COCCCN(C)C(=O)c1nonc1N. The van der Waals surface area contributed by atoms with Crippen molar-refractivity contribution in [2.24, 2.45) is 0 Å². The van der Waals surface area contributed by atoms with Gasteiger partial charge in [-0.25, -0.2) is 4.63 Å². The Morgan fingerprint density at radius 2 is 2.33 bits per heavy atom. The van der Waals surface area contributed by atoms with Crippen LogP contribution in [0.15, 0.2) is 4.63 Å². The summed E-state index contributed by atoms with van der Waals surface area (Å²) in [5.74, 6) is -0.288. The van der Waals surface area contributed by atoms with E-state index in [2.05, 4.69) is 14.9 Å². The van der Waals surface area contributed by atoms with E-state index in [-0.39, 0.29) is 17.4 Å². The third-order valence-electron chi connectivity index (χ3n) is 1.91. The normalized spacial score (nSPS) is 10.3. The zero-order chi connectivity index (χ0) is 11.3. The lowest BCUT2D eigenvalue weighted by molar-refractivity contribution is 0.0769. The number of aromatic nitrogens is 2. The fraction of sp³-hybridized carbons (Fsp3) is 0.625. The third-order valence-corrected chi connectivity index (χ3v) is 1.91. The quantitative estimate of drug-likeness (QED) is 0.680. The minimum atomic E-state index is -0.301. The average molecular weight is 214 g/mol. The van der Waals surface area contributed by atoms with Crippen LogP contribution in [0, 0.1) is 0 Å². The van der Waals surface area contributed by atoms with Crippen molar-refractivity contribution in [3.8, 4) is 0 Å². The first-order valence-corrected chi connectivity index (χ1v) is 4.49. The molecule has 7 heteroatoms. The molecule has 1 rings (SSSR count). The number of carbonyl (C=O) groups excluding carboxylic acids is 1. The van der Waals surface area contributed by atoms with E-state index in [0.717, 1.165) is 6.42 Å². The van der Waals surface area contributed by atoms with Gasteiger partial charge in [0, 0.05) is 27.3 Å². The summed E-state index contributed by atoms with van der Waals surface area (Å²) >= 11 is 0. The monoisotopic (exact) mass is 214 g/mol. The molecule has 0 aliphatic heterocycles. The number of carbonyl (C=O) groups is 1. The van der Waals surface area contributed by atoms with Crippen molar-refractivity contribution >= 4 is 11.7 Å². The number of nitrogens with zero attached hydrogens (tertiary/aromatic N) is 3. The number of ether oxygens (including phenoxy) is 1. The first-order valence-electron chi connectivity index (χ1n) is 4.49. The molecule has 1 aromatic rings. The molecule has 0 fully saturated rings. The zero-order valence-corrected chi connectivity index (χ0v) is 8.77. The maximum absolute atomic E-state index is 11.7. The Labute approximate surface area is 87.1 Å². The highest BCUT2D eigenvalue weighted by Crippen LogP contribution is 2.07. The van der Waals surface area contributed by atoms with Gasteiger partial charge in [0.25, 0.3) is 5.91 Å². The van der Waals surface area contributed by atoms with E-state index in [0.29, 0.717) is 13.2 Å². The van der Waals surface area contributed by atoms with Crippen LogP contribution in [0.2, 0.25) is 0 Å². The Hall–Kier alpha value is -1.63. The number of hydrogen-bond acceptors (Lipinski definition) is 6. The Kier molecular flexibility index (Phi) is 4.04. The first kappa shape index (κ1) is 11.4. The Bertz CT molecular complexity index is 325. The summed E-state index contributed by atoms with van der Waals surface area (Å²) in [5.41, 5.74) is 5.45. The second-order valence-corrected chi connectivity index (χ2v) is 3.07. The molecule has 0 aromatic carbocycles. The molecule has 0 unspecified atom stereocenters. The molecule has 0 aliphatic rings. The molecule has 0 saturated heterocycles. The lowest BCUT2D eigenvalue weighted by Crippen LogP contribution is -2.29. The molecule has 1 aromatic heterocycles. The van der Waals surface area contributed by atoms with Crippen LogP contribution >= 0.6 is 0 Å². The summed E-state index contributed by atoms with van der Waals surface area (Å²) in [6, 6.07) is 0. The molecule has 0 spiro atoms. The summed E-state index contributed by atoms with van der Waals surface area (Å²) in [4.78, 5) is 13.2. The van der Waals surface area contributed by atoms with Crippen molar-refractivity contribution in [1.82, 2.24) is 15.2 Å². The van der Waals surface area contributed by atoms with E-state index in [9.17, 15) is 4.79 Å². The maximum Gasteiger partial charge on any atom is 0.279 e. The van der Waals surface area contributed by atoms with Gasteiger partial charge >= 0.3 is 0 Å². The standard InChI is InChI=1S/C8H14N4O3/c1-12(4-3-5-14-2)8(13)6-7(9)11-15-10-6/h3-5H2,1-2H3,(H2,9,11). The lowest BCUT2D eigenvalue weighted by atomic mass is 10.3. The van der Waals surface area contributed by atoms with Crippen LogP contribution in [0.3, 0.4) is 0 Å². The second kappa shape index (κ2) is 5.30. The Balaban J connectivity index is 2.50. The zero-order valence-electron chi connectivity index (χ0n) is 8.77. The molecular formula is C8H14N4O3. The molecule has 2 N–H and O–H groups in total. The highest BCUT2D eigenvalue weighted by Gasteiger charge is 2.19. The Morgan fingerprint density at radius 1 is 1.60 bits per heavy atom. The van der Waals surface area contributed by atoms with Crippen LogP contribution in [0.5, 0.6) is 0 Å². The maximum atomic E-state index is 11.7. The summed E-state index contributed by atoms with van der Waals surface area (Å²) in [6.45, 7) is 1.17. The molecule has 0 atom stereocenters. The predicted molar refractivity (Wildman–Crippen MR) is 52.2 cm³/mol. The molecule has 15 heavy (non-hydrogen) atoms. The average Bonchev–Trinajstić information content (AvgIpc) is 2.63. The van der Waals surface area contributed by atoms with Gasteiger partial charge in [0.15, 0.2) is 0 Å². The third kappa shape index (κ3) is 2.91. The van der Waals surface area contributed by atoms with Gasteiger partial charge in [0.1, 0.15) is 0 Å². The summed E-state index contributed by atoms with van der Waals surface area (Å²) in [6.07, 6.45) is 0.754. The molecule has 7 nitrogen and oxygen atoms in total. The first-order chi connectivity index (χ1) is 7.16. The number of rotatable bonds is 5. The topological polar surface area (TPSA) is 94.5 Å². The van der Waals surface area contributed by atoms with Gasteiger partial charge in [0.2, 0.25) is 11.5 Å².